The Bertz CT molecular complexity index is 170. The third kappa shape index (κ3) is 6.63. The summed E-state index contributed by atoms with van der Waals surface area (Å²) in [5, 5.41) is 0. The van der Waals surface area contributed by atoms with Gasteiger partial charge in [0.2, 0.25) is 0 Å². The minimum absolute atomic E-state index is 0.344. The van der Waals surface area contributed by atoms with Crippen molar-refractivity contribution in [3.05, 3.63) is 0 Å². The summed E-state index contributed by atoms with van der Waals surface area (Å²) in [6, 6.07) is 0. The first kappa shape index (κ1) is 14.6. The summed E-state index contributed by atoms with van der Waals surface area (Å²) < 4.78 is 10.7. The largest absolute Gasteiger partial charge is 0.381 e. The summed E-state index contributed by atoms with van der Waals surface area (Å²) in [7, 11) is 1.57. The van der Waals surface area contributed by atoms with E-state index in [4.69, 9.17) is 9.47 Å². The molecule has 0 heterocycles. The van der Waals surface area contributed by atoms with Crippen molar-refractivity contribution in [3.63, 3.8) is 0 Å². The van der Waals surface area contributed by atoms with Crippen LogP contribution in [0.25, 0.3) is 0 Å². The van der Waals surface area contributed by atoms with Crippen molar-refractivity contribution < 1.29 is 14.3 Å². The summed E-state index contributed by atoms with van der Waals surface area (Å²) in [6.07, 6.45) is 3.83. The first-order valence-electron chi connectivity index (χ1n) is 5.67. The molecule has 15 heavy (non-hydrogen) atoms. The van der Waals surface area contributed by atoms with Crippen LogP contribution in [0.1, 0.15) is 40.0 Å². The predicted molar refractivity (Wildman–Crippen MR) is 61.0 cm³/mol. The van der Waals surface area contributed by atoms with Crippen LogP contribution in [0.15, 0.2) is 0 Å². The molecule has 0 aromatic heterocycles. The Kier molecular flexibility index (Phi) is 7.61. The molecule has 0 saturated carbocycles. The van der Waals surface area contributed by atoms with Gasteiger partial charge in [0.15, 0.2) is 6.29 Å². The number of hydrogen-bond donors (Lipinski definition) is 0. The zero-order valence-electron chi connectivity index (χ0n) is 10.4. The normalized spacial score (nSPS) is 17.1. The molecule has 0 bridgehead atoms. The number of ether oxygens (including phenoxy) is 2. The van der Waals surface area contributed by atoms with Gasteiger partial charge in [-0.1, -0.05) is 20.3 Å². The first-order valence-corrected chi connectivity index (χ1v) is 5.67. The van der Waals surface area contributed by atoms with Gasteiger partial charge in [-0.2, -0.15) is 0 Å². The van der Waals surface area contributed by atoms with Crippen molar-refractivity contribution in [1.82, 2.24) is 0 Å². The van der Waals surface area contributed by atoms with E-state index in [-0.39, 0.29) is 0 Å². The highest BCUT2D eigenvalue weighted by Crippen LogP contribution is 2.18. The van der Waals surface area contributed by atoms with Crippen molar-refractivity contribution in [2.24, 2.45) is 5.92 Å². The van der Waals surface area contributed by atoms with Gasteiger partial charge >= 0.3 is 0 Å². The molecule has 0 aliphatic heterocycles. The van der Waals surface area contributed by atoms with Crippen LogP contribution in [0.2, 0.25) is 0 Å². The molecule has 0 saturated heterocycles. The number of unbranched alkanes of at least 4 members (excludes halogenated alkanes) is 1. The van der Waals surface area contributed by atoms with E-state index in [0.717, 1.165) is 25.7 Å². The number of carbonyl (C=O) groups excluding carboxylic acids is 1. The van der Waals surface area contributed by atoms with E-state index in [0.29, 0.717) is 18.9 Å². The molecule has 0 radical (unpaired) electrons. The van der Waals surface area contributed by atoms with Gasteiger partial charge in [0.1, 0.15) is 5.60 Å². The average Bonchev–Trinajstić information content (AvgIpc) is 2.24. The molecule has 0 spiro atoms. The van der Waals surface area contributed by atoms with Crippen molar-refractivity contribution in [1.29, 1.82) is 0 Å². The highest BCUT2D eigenvalue weighted by Gasteiger charge is 2.25. The Morgan fingerprint density at radius 3 is 2.60 bits per heavy atom. The zero-order valence-corrected chi connectivity index (χ0v) is 10.4. The number of aldehydes is 1. The number of carbonyl (C=O) groups is 1. The summed E-state index contributed by atoms with van der Waals surface area (Å²) in [5.74, 6) is 0.344. The Balaban J connectivity index is 3.71. The van der Waals surface area contributed by atoms with Crippen molar-refractivity contribution >= 4 is 6.29 Å². The lowest BCUT2D eigenvalue weighted by Crippen LogP contribution is -2.32. The smallest absolute Gasteiger partial charge is 0.151 e. The molecule has 0 fully saturated rings. The quantitative estimate of drug-likeness (QED) is 0.438. The maximum Gasteiger partial charge on any atom is 0.151 e. The molecule has 0 aliphatic carbocycles. The van der Waals surface area contributed by atoms with Gasteiger partial charge < -0.3 is 14.3 Å². The standard InChI is InChI=1S/C12H24O3/c1-5-6-7-15-9-11(2)8-12(3,10-13)14-4/h10-11H,5-9H2,1-4H3/t11-,12+/m1/s1. The lowest BCUT2D eigenvalue weighted by Gasteiger charge is -2.24. The third-order valence-corrected chi connectivity index (χ3v) is 2.51. The molecule has 0 N–H and O–H groups in total. The zero-order chi connectivity index (χ0) is 11.7. The molecule has 2 atom stereocenters. The molecular formula is C12H24O3. The molecule has 3 heteroatoms. The molecule has 0 aromatic rings. The van der Waals surface area contributed by atoms with Crippen LogP contribution < -0.4 is 0 Å². The summed E-state index contributed by atoms with van der Waals surface area (Å²) in [5.41, 5.74) is -0.659. The Hall–Kier alpha value is -0.410. The van der Waals surface area contributed by atoms with Gasteiger partial charge in [0.05, 0.1) is 0 Å². The molecule has 90 valence electrons. The second-order valence-electron chi connectivity index (χ2n) is 4.37. The van der Waals surface area contributed by atoms with Crippen LogP contribution in [0.3, 0.4) is 0 Å². The van der Waals surface area contributed by atoms with E-state index in [9.17, 15) is 4.79 Å². The van der Waals surface area contributed by atoms with Gasteiger partial charge in [-0.3, -0.25) is 0 Å². The fourth-order valence-corrected chi connectivity index (χ4v) is 1.46. The number of methoxy groups -OCH3 is 1. The average molecular weight is 216 g/mol. The van der Waals surface area contributed by atoms with Crippen LogP contribution in [0, 0.1) is 5.92 Å². The third-order valence-electron chi connectivity index (χ3n) is 2.51. The van der Waals surface area contributed by atoms with Crippen molar-refractivity contribution in [3.8, 4) is 0 Å². The van der Waals surface area contributed by atoms with Crippen LogP contribution in [-0.2, 0) is 14.3 Å². The van der Waals surface area contributed by atoms with E-state index in [1.807, 2.05) is 6.92 Å². The van der Waals surface area contributed by atoms with E-state index in [1.54, 1.807) is 7.11 Å². The Labute approximate surface area is 93.1 Å². The molecular weight excluding hydrogens is 192 g/mol. The minimum atomic E-state index is -0.659. The van der Waals surface area contributed by atoms with Crippen LogP contribution in [0.5, 0.6) is 0 Å². The monoisotopic (exact) mass is 216 g/mol. The molecule has 0 amide bonds. The second kappa shape index (κ2) is 7.83. The van der Waals surface area contributed by atoms with Gasteiger partial charge in [0.25, 0.3) is 0 Å². The topological polar surface area (TPSA) is 35.5 Å². The van der Waals surface area contributed by atoms with Crippen molar-refractivity contribution in [2.45, 2.75) is 45.6 Å². The maximum atomic E-state index is 10.8. The number of hydrogen-bond acceptors (Lipinski definition) is 3. The minimum Gasteiger partial charge on any atom is -0.381 e. The fraction of sp³-hybridized carbons (Fsp3) is 0.917. The summed E-state index contributed by atoms with van der Waals surface area (Å²) in [6.45, 7) is 7.54. The summed E-state index contributed by atoms with van der Waals surface area (Å²) in [4.78, 5) is 10.8. The molecule has 3 nitrogen and oxygen atoms in total. The molecule has 0 aliphatic rings. The van der Waals surface area contributed by atoms with Gasteiger partial charge in [0, 0.05) is 20.3 Å². The lowest BCUT2D eigenvalue weighted by molar-refractivity contribution is -0.128. The van der Waals surface area contributed by atoms with Crippen LogP contribution >= 0.6 is 0 Å². The first-order chi connectivity index (χ1) is 7.08. The van der Waals surface area contributed by atoms with Crippen LogP contribution in [-0.4, -0.2) is 32.2 Å². The molecule has 0 unspecified atom stereocenters. The predicted octanol–water partition coefficient (Wildman–Crippen LogP) is 2.43. The summed E-state index contributed by atoms with van der Waals surface area (Å²) >= 11 is 0. The Morgan fingerprint density at radius 2 is 2.13 bits per heavy atom. The second-order valence-corrected chi connectivity index (χ2v) is 4.37. The van der Waals surface area contributed by atoms with Crippen LogP contribution in [0.4, 0.5) is 0 Å². The highest BCUT2D eigenvalue weighted by molar-refractivity contribution is 5.61. The molecule has 0 rings (SSSR count). The highest BCUT2D eigenvalue weighted by atomic mass is 16.5. The SMILES string of the molecule is CCCCOC[C@H](C)C[C@@](C)(C=O)OC. The fourth-order valence-electron chi connectivity index (χ4n) is 1.46. The Morgan fingerprint density at radius 1 is 1.47 bits per heavy atom. The van der Waals surface area contributed by atoms with E-state index in [1.165, 1.54) is 0 Å². The van der Waals surface area contributed by atoms with Gasteiger partial charge in [-0.05, 0) is 25.7 Å². The maximum absolute atomic E-state index is 10.8. The van der Waals surface area contributed by atoms with Gasteiger partial charge in [-0.15, -0.1) is 0 Å². The molecule has 0 aromatic carbocycles. The van der Waals surface area contributed by atoms with E-state index in [2.05, 4.69) is 13.8 Å². The van der Waals surface area contributed by atoms with Crippen molar-refractivity contribution in [2.75, 3.05) is 20.3 Å². The van der Waals surface area contributed by atoms with E-state index >= 15 is 0 Å². The van der Waals surface area contributed by atoms with Gasteiger partial charge in [-0.25, -0.2) is 0 Å². The lowest BCUT2D eigenvalue weighted by atomic mass is 9.95. The number of rotatable bonds is 9. The van der Waals surface area contributed by atoms with E-state index < -0.39 is 5.60 Å².